The second-order valence-corrected chi connectivity index (χ2v) is 7.23. The van der Waals surface area contributed by atoms with Crippen LogP contribution in [0.2, 0.25) is 0 Å². The Bertz CT molecular complexity index is 431. The van der Waals surface area contributed by atoms with Crippen molar-refractivity contribution in [2.24, 2.45) is 0 Å². The Hall–Kier alpha value is -0.700. The van der Waals surface area contributed by atoms with E-state index in [1.807, 2.05) is 0 Å². The Balaban J connectivity index is 2.12. The molecule has 7 nitrogen and oxygen atoms in total. The quantitative estimate of drug-likeness (QED) is 0.700. The molecule has 2 aliphatic rings. The maximum Gasteiger partial charge on any atom is 0.282 e. The van der Waals surface area contributed by atoms with Gasteiger partial charge < -0.3 is 10.2 Å². The summed E-state index contributed by atoms with van der Waals surface area (Å²) in [7, 11) is -0.506. The molecule has 0 spiro atoms. The third-order valence-electron chi connectivity index (χ3n) is 3.68. The van der Waals surface area contributed by atoms with Gasteiger partial charge in [0.25, 0.3) is 10.2 Å². The van der Waals surface area contributed by atoms with Crippen LogP contribution in [0, 0.1) is 0 Å². The van der Waals surface area contributed by atoms with Gasteiger partial charge >= 0.3 is 0 Å². The van der Waals surface area contributed by atoms with E-state index in [9.17, 15) is 13.2 Å². The van der Waals surface area contributed by atoms with E-state index in [0.717, 1.165) is 19.5 Å². The SMILES string of the molecule is CN(C)S(=O)(=O)N1CCCC1C(=O)N1CCNCC1. The Morgan fingerprint density at radius 1 is 1.21 bits per heavy atom. The minimum Gasteiger partial charge on any atom is -0.339 e. The number of carbonyl (C=O) groups excluding carboxylic acids is 1. The lowest BCUT2D eigenvalue weighted by atomic mass is 10.2. The molecule has 1 unspecified atom stereocenters. The predicted molar refractivity (Wildman–Crippen MR) is 71.8 cm³/mol. The molecule has 2 rings (SSSR count). The third kappa shape index (κ3) is 2.91. The van der Waals surface area contributed by atoms with E-state index in [4.69, 9.17) is 0 Å². The molecule has 1 atom stereocenters. The summed E-state index contributed by atoms with van der Waals surface area (Å²) in [6.07, 6.45) is 1.37. The fourth-order valence-electron chi connectivity index (χ4n) is 2.57. The maximum absolute atomic E-state index is 12.5. The molecule has 0 radical (unpaired) electrons. The number of nitrogens with one attached hydrogen (secondary N) is 1. The summed E-state index contributed by atoms with van der Waals surface area (Å²) in [6.45, 7) is 3.30. The monoisotopic (exact) mass is 290 g/mol. The molecule has 0 aromatic rings. The Kier molecular flexibility index (Phi) is 4.44. The number of amides is 1. The second kappa shape index (κ2) is 5.74. The van der Waals surface area contributed by atoms with E-state index in [1.165, 1.54) is 22.7 Å². The minimum atomic E-state index is -3.51. The Labute approximate surface area is 114 Å². The topological polar surface area (TPSA) is 73.0 Å². The van der Waals surface area contributed by atoms with Crippen LogP contribution in [0.3, 0.4) is 0 Å². The van der Waals surface area contributed by atoms with Crippen molar-refractivity contribution in [2.45, 2.75) is 18.9 Å². The van der Waals surface area contributed by atoms with Crippen LogP contribution in [-0.4, -0.2) is 80.7 Å². The molecule has 2 aliphatic heterocycles. The molecule has 0 bridgehead atoms. The highest BCUT2D eigenvalue weighted by atomic mass is 32.2. The lowest BCUT2D eigenvalue weighted by molar-refractivity contribution is -0.135. The maximum atomic E-state index is 12.5. The molecule has 110 valence electrons. The second-order valence-electron chi connectivity index (χ2n) is 5.13. The fourth-order valence-corrected chi connectivity index (χ4v) is 3.87. The van der Waals surface area contributed by atoms with Crippen LogP contribution >= 0.6 is 0 Å². The van der Waals surface area contributed by atoms with Crippen molar-refractivity contribution in [3.05, 3.63) is 0 Å². The van der Waals surface area contributed by atoms with Gasteiger partial charge in [0.2, 0.25) is 5.91 Å². The van der Waals surface area contributed by atoms with Crippen LogP contribution in [0.25, 0.3) is 0 Å². The molecule has 2 fully saturated rings. The van der Waals surface area contributed by atoms with Gasteiger partial charge in [-0.05, 0) is 12.8 Å². The van der Waals surface area contributed by atoms with Crippen molar-refractivity contribution in [2.75, 3.05) is 46.8 Å². The zero-order valence-corrected chi connectivity index (χ0v) is 12.3. The summed E-state index contributed by atoms with van der Waals surface area (Å²) < 4.78 is 26.9. The lowest BCUT2D eigenvalue weighted by Gasteiger charge is -2.33. The molecule has 0 aromatic heterocycles. The number of carbonyl (C=O) groups is 1. The Morgan fingerprint density at radius 3 is 2.42 bits per heavy atom. The molecule has 0 saturated carbocycles. The number of hydrogen-bond acceptors (Lipinski definition) is 4. The molecule has 1 N–H and O–H groups in total. The van der Waals surface area contributed by atoms with Gasteiger partial charge in [0, 0.05) is 46.8 Å². The van der Waals surface area contributed by atoms with Crippen molar-refractivity contribution >= 4 is 16.1 Å². The average Bonchev–Trinajstić information content (AvgIpc) is 2.88. The van der Waals surface area contributed by atoms with Gasteiger partial charge in [0.05, 0.1) is 0 Å². The summed E-state index contributed by atoms with van der Waals surface area (Å²) >= 11 is 0. The van der Waals surface area contributed by atoms with Gasteiger partial charge in [0.15, 0.2) is 0 Å². The Morgan fingerprint density at radius 2 is 1.84 bits per heavy atom. The van der Waals surface area contributed by atoms with E-state index in [-0.39, 0.29) is 5.91 Å². The molecule has 19 heavy (non-hydrogen) atoms. The predicted octanol–water partition coefficient (Wildman–Crippen LogP) is -1.31. The van der Waals surface area contributed by atoms with Crippen molar-refractivity contribution in [3.8, 4) is 0 Å². The summed E-state index contributed by atoms with van der Waals surface area (Å²) in [5, 5.41) is 3.19. The van der Waals surface area contributed by atoms with Crippen LogP contribution in [-0.2, 0) is 15.0 Å². The number of hydrogen-bond donors (Lipinski definition) is 1. The normalized spacial score (nSPS) is 26.1. The molecular formula is C11H22N4O3S. The number of nitrogens with zero attached hydrogens (tertiary/aromatic N) is 3. The molecule has 2 heterocycles. The van der Waals surface area contributed by atoms with E-state index < -0.39 is 16.3 Å². The highest BCUT2D eigenvalue weighted by Crippen LogP contribution is 2.24. The first-order valence-electron chi connectivity index (χ1n) is 6.63. The molecule has 0 aliphatic carbocycles. The van der Waals surface area contributed by atoms with Crippen molar-refractivity contribution in [1.82, 2.24) is 18.8 Å². The summed E-state index contributed by atoms with van der Waals surface area (Å²) in [6, 6.07) is -0.523. The van der Waals surface area contributed by atoms with Crippen molar-refractivity contribution < 1.29 is 13.2 Å². The molecule has 0 aromatic carbocycles. The van der Waals surface area contributed by atoms with E-state index >= 15 is 0 Å². The first-order chi connectivity index (χ1) is 8.94. The molecular weight excluding hydrogens is 268 g/mol. The zero-order chi connectivity index (χ0) is 14.0. The first kappa shape index (κ1) is 14.7. The highest BCUT2D eigenvalue weighted by Gasteiger charge is 2.41. The zero-order valence-electron chi connectivity index (χ0n) is 11.5. The van der Waals surface area contributed by atoms with Gasteiger partial charge in [-0.2, -0.15) is 17.0 Å². The van der Waals surface area contributed by atoms with Gasteiger partial charge in [-0.1, -0.05) is 0 Å². The number of piperazine rings is 1. The fraction of sp³-hybridized carbons (Fsp3) is 0.909. The molecule has 1 amide bonds. The molecule has 2 saturated heterocycles. The van der Waals surface area contributed by atoms with Gasteiger partial charge in [-0.3, -0.25) is 4.79 Å². The van der Waals surface area contributed by atoms with Crippen LogP contribution in [0.15, 0.2) is 0 Å². The lowest BCUT2D eigenvalue weighted by Crippen LogP contribution is -2.54. The van der Waals surface area contributed by atoms with E-state index in [0.29, 0.717) is 26.1 Å². The summed E-state index contributed by atoms with van der Waals surface area (Å²) in [5.41, 5.74) is 0. The van der Waals surface area contributed by atoms with Gasteiger partial charge in [0.1, 0.15) is 6.04 Å². The van der Waals surface area contributed by atoms with E-state index in [2.05, 4.69) is 5.32 Å². The van der Waals surface area contributed by atoms with Crippen LogP contribution < -0.4 is 5.32 Å². The van der Waals surface area contributed by atoms with Crippen molar-refractivity contribution in [3.63, 3.8) is 0 Å². The summed E-state index contributed by atoms with van der Waals surface area (Å²) in [5.74, 6) is -0.0515. The average molecular weight is 290 g/mol. The van der Waals surface area contributed by atoms with Crippen molar-refractivity contribution in [1.29, 1.82) is 0 Å². The van der Waals surface area contributed by atoms with E-state index in [1.54, 1.807) is 4.90 Å². The summed E-state index contributed by atoms with van der Waals surface area (Å²) in [4.78, 5) is 14.2. The first-order valence-corrected chi connectivity index (χ1v) is 8.03. The van der Waals surface area contributed by atoms with Crippen LogP contribution in [0.1, 0.15) is 12.8 Å². The smallest absolute Gasteiger partial charge is 0.282 e. The van der Waals surface area contributed by atoms with Gasteiger partial charge in [-0.25, -0.2) is 0 Å². The minimum absolute atomic E-state index is 0.0515. The molecule has 8 heteroatoms. The number of rotatable bonds is 3. The standard InChI is InChI=1S/C11H22N4O3S/c1-13(2)19(17,18)15-7-3-4-10(15)11(16)14-8-5-12-6-9-14/h10,12H,3-9H2,1-2H3. The van der Waals surface area contributed by atoms with Crippen LogP contribution in [0.5, 0.6) is 0 Å². The highest BCUT2D eigenvalue weighted by molar-refractivity contribution is 7.86. The third-order valence-corrected chi connectivity index (χ3v) is 5.63. The van der Waals surface area contributed by atoms with Gasteiger partial charge in [-0.15, -0.1) is 0 Å². The van der Waals surface area contributed by atoms with Crippen LogP contribution in [0.4, 0.5) is 0 Å². The largest absolute Gasteiger partial charge is 0.339 e.